The molecule has 0 radical (unpaired) electrons. The smallest absolute Gasteiger partial charge is 0.271 e. The molecule has 23 heavy (non-hydrogen) atoms. The van der Waals surface area contributed by atoms with Gasteiger partial charge < -0.3 is 0 Å². The summed E-state index contributed by atoms with van der Waals surface area (Å²) in [6.45, 7) is 3.72. The summed E-state index contributed by atoms with van der Waals surface area (Å²) in [6, 6.07) is 8.55. The van der Waals surface area contributed by atoms with E-state index in [1.54, 1.807) is 12.1 Å². The Morgan fingerprint density at radius 1 is 1.00 bits per heavy atom. The second-order valence-electron chi connectivity index (χ2n) is 5.63. The Hall–Kier alpha value is -2.63. The largest absolute Gasteiger partial charge is 0.416 e. The molecule has 3 rings (SSSR count). The van der Waals surface area contributed by atoms with Crippen LogP contribution in [0.25, 0.3) is 0 Å². The Bertz CT molecular complexity index is 820. The van der Waals surface area contributed by atoms with Gasteiger partial charge in [-0.3, -0.25) is 9.69 Å². The van der Waals surface area contributed by atoms with E-state index in [0.29, 0.717) is 11.3 Å². The van der Waals surface area contributed by atoms with E-state index < -0.39 is 17.6 Å². The number of carbonyl (C=O) groups excluding carboxylic acids is 1. The molecule has 0 saturated carbocycles. The number of fused-ring (bicyclic) bond motifs is 1. The van der Waals surface area contributed by atoms with E-state index in [4.69, 9.17) is 5.41 Å². The number of benzene rings is 2. The van der Waals surface area contributed by atoms with Gasteiger partial charge in [-0.1, -0.05) is 6.07 Å². The van der Waals surface area contributed by atoms with Crippen LogP contribution >= 0.6 is 0 Å². The fourth-order valence-electron chi connectivity index (χ4n) is 2.80. The molecule has 6 heteroatoms. The van der Waals surface area contributed by atoms with Crippen molar-refractivity contribution < 1.29 is 23.4 Å². The van der Waals surface area contributed by atoms with Gasteiger partial charge in [-0.2, -0.15) is 13.2 Å². The van der Waals surface area contributed by atoms with Crippen molar-refractivity contribution in [2.45, 2.75) is 20.0 Å². The van der Waals surface area contributed by atoms with Crippen LogP contribution in [0.3, 0.4) is 0 Å². The third kappa shape index (κ3) is 2.50. The monoisotopic (exact) mass is 319 g/mol. The summed E-state index contributed by atoms with van der Waals surface area (Å²) in [5.41, 5.74) is 1.95. The van der Waals surface area contributed by atoms with Crippen molar-refractivity contribution in [3.63, 3.8) is 0 Å². The summed E-state index contributed by atoms with van der Waals surface area (Å²) < 4.78 is 38.9. The van der Waals surface area contributed by atoms with Gasteiger partial charge in [0.2, 0.25) is 0 Å². The lowest BCUT2D eigenvalue weighted by molar-refractivity contribution is -0.137. The molecule has 1 aliphatic rings. The first-order valence-electron chi connectivity index (χ1n) is 6.95. The first kappa shape index (κ1) is 15.3. The second-order valence-corrected chi connectivity index (χ2v) is 5.63. The van der Waals surface area contributed by atoms with Crippen LogP contribution in [-0.4, -0.2) is 11.6 Å². The number of nitrogens with two attached hydrogens (primary N) is 1. The highest BCUT2D eigenvalue weighted by Gasteiger charge is 2.41. The van der Waals surface area contributed by atoms with Crippen LogP contribution in [0, 0.1) is 13.8 Å². The van der Waals surface area contributed by atoms with Gasteiger partial charge in [-0.25, -0.2) is 5.41 Å². The van der Waals surface area contributed by atoms with Gasteiger partial charge in [0.05, 0.1) is 16.8 Å². The molecular formula is C17H14F3N2O+. The van der Waals surface area contributed by atoms with Crippen molar-refractivity contribution >= 4 is 23.0 Å². The summed E-state index contributed by atoms with van der Waals surface area (Å²) in [6.07, 6.45) is -4.48. The highest BCUT2D eigenvalue weighted by atomic mass is 19.4. The van der Waals surface area contributed by atoms with Crippen molar-refractivity contribution in [1.29, 1.82) is 0 Å². The SMILES string of the molecule is Cc1cc(C)cc(N2C(=O)C(=[NH2+])c3ccc(C(F)(F)F)cc32)c1. The van der Waals surface area contributed by atoms with Crippen LogP contribution in [0.2, 0.25) is 0 Å². The maximum Gasteiger partial charge on any atom is 0.416 e. The molecular weight excluding hydrogens is 305 g/mol. The highest BCUT2D eigenvalue weighted by Crippen LogP contribution is 2.39. The molecule has 1 amide bonds. The molecule has 1 heterocycles. The predicted octanol–water partition coefficient (Wildman–Crippen LogP) is 2.55. The Morgan fingerprint density at radius 2 is 1.61 bits per heavy atom. The van der Waals surface area contributed by atoms with Gasteiger partial charge in [0, 0.05) is 5.69 Å². The van der Waals surface area contributed by atoms with Gasteiger partial charge in [-0.15, -0.1) is 0 Å². The van der Waals surface area contributed by atoms with E-state index in [0.717, 1.165) is 23.3 Å². The molecule has 2 N–H and O–H groups in total. The van der Waals surface area contributed by atoms with Gasteiger partial charge in [0.15, 0.2) is 0 Å². The zero-order chi connectivity index (χ0) is 16.9. The second kappa shape index (κ2) is 4.94. The van der Waals surface area contributed by atoms with Gasteiger partial charge >= 0.3 is 12.1 Å². The molecule has 0 aromatic heterocycles. The molecule has 0 spiro atoms. The van der Waals surface area contributed by atoms with Crippen LogP contribution in [0.1, 0.15) is 22.3 Å². The maximum absolute atomic E-state index is 13.0. The van der Waals surface area contributed by atoms with Crippen molar-refractivity contribution in [3.8, 4) is 0 Å². The van der Waals surface area contributed by atoms with Crippen molar-refractivity contribution in [2.75, 3.05) is 4.90 Å². The minimum atomic E-state index is -4.48. The van der Waals surface area contributed by atoms with Gasteiger partial charge in [0.1, 0.15) is 0 Å². The number of hydrogen-bond donors (Lipinski definition) is 1. The molecule has 0 aliphatic carbocycles. The number of halogens is 3. The lowest BCUT2D eigenvalue weighted by Crippen LogP contribution is -2.46. The number of aryl methyl sites for hydroxylation is 2. The molecule has 118 valence electrons. The topological polar surface area (TPSA) is 45.9 Å². The average molecular weight is 319 g/mol. The summed E-state index contributed by atoms with van der Waals surface area (Å²) in [5, 5.41) is 5.80. The van der Waals surface area contributed by atoms with E-state index in [-0.39, 0.29) is 11.4 Å². The molecule has 0 atom stereocenters. The van der Waals surface area contributed by atoms with Crippen LogP contribution in [0.5, 0.6) is 0 Å². The minimum Gasteiger partial charge on any atom is -0.271 e. The number of hydrogen-bond acceptors (Lipinski definition) is 1. The normalized spacial score (nSPS) is 14.4. The number of rotatable bonds is 1. The number of anilines is 2. The summed E-state index contributed by atoms with van der Waals surface area (Å²) in [5.74, 6) is -0.510. The Balaban J connectivity index is 2.21. The van der Waals surface area contributed by atoms with Crippen LogP contribution in [0.4, 0.5) is 24.5 Å². The first-order valence-corrected chi connectivity index (χ1v) is 6.95. The third-order valence-corrected chi connectivity index (χ3v) is 3.75. The van der Waals surface area contributed by atoms with Crippen LogP contribution < -0.4 is 10.3 Å². The molecule has 0 unspecified atom stereocenters. The standard InChI is InChI=1S/C17H13F3N2O/c1-9-5-10(2)7-12(6-9)22-14-8-11(17(18,19)20)3-4-13(14)15(21)16(22)23/h3-8,21H,1-2H3/p+1. The lowest BCUT2D eigenvalue weighted by Gasteiger charge is -2.18. The van der Waals surface area contributed by atoms with Crippen LogP contribution in [-0.2, 0) is 11.0 Å². The summed E-state index contributed by atoms with van der Waals surface area (Å²) in [7, 11) is 0. The Kier molecular flexibility index (Phi) is 3.28. The van der Waals surface area contributed by atoms with Crippen molar-refractivity contribution in [2.24, 2.45) is 0 Å². The fraction of sp³-hybridized carbons (Fsp3) is 0.176. The quantitative estimate of drug-likeness (QED) is 0.863. The Morgan fingerprint density at radius 3 is 2.17 bits per heavy atom. The molecule has 1 aliphatic heterocycles. The minimum absolute atomic E-state index is 0.0483. The molecule has 2 aromatic carbocycles. The summed E-state index contributed by atoms with van der Waals surface area (Å²) >= 11 is 0. The predicted molar refractivity (Wildman–Crippen MR) is 80.5 cm³/mol. The van der Waals surface area contributed by atoms with E-state index in [1.807, 2.05) is 19.9 Å². The maximum atomic E-state index is 13.0. The van der Waals surface area contributed by atoms with Gasteiger partial charge in [0.25, 0.3) is 5.71 Å². The summed E-state index contributed by atoms with van der Waals surface area (Å²) in [4.78, 5) is 13.7. The lowest BCUT2D eigenvalue weighted by atomic mass is 10.1. The van der Waals surface area contributed by atoms with E-state index >= 15 is 0 Å². The highest BCUT2D eigenvalue weighted by molar-refractivity contribution is 6.53. The number of carbonyl (C=O) groups is 1. The number of nitrogens with zero attached hydrogens (tertiary/aromatic N) is 1. The number of alkyl halides is 3. The third-order valence-electron chi connectivity index (χ3n) is 3.75. The Labute approximate surface area is 130 Å². The molecule has 0 bridgehead atoms. The van der Waals surface area contributed by atoms with Crippen molar-refractivity contribution in [1.82, 2.24) is 0 Å². The number of amides is 1. The van der Waals surface area contributed by atoms with E-state index in [1.165, 1.54) is 11.0 Å². The molecule has 3 nitrogen and oxygen atoms in total. The fourth-order valence-corrected chi connectivity index (χ4v) is 2.80. The van der Waals surface area contributed by atoms with Crippen molar-refractivity contribution in [3.05, 3.63) is 58.7 Å². The van der Waals surface area contributed by atoms with E-state index in [2.05, 4.69) is 0 Å². The average Bonchev–Trinajstić information content (AvgIpc) is 2.68. The molecule has 2 aromatic rings. The van der Waals surface area contributed by atoms with E-state index in [9.17, 15) is 18.0 Å². The zero-order valence-electron chi connectivity index (χ0n) is 12.5. The van der Waals surface area contributed by atoms with Gasteiger partial charge in [-0.05, 0) is 55.3 Å². The van der Waals surface area contributed by atoms with Crippen LogP contribution in [0.15, 0.2) is 36.4 Å². The molecule has 0 fully saturated rings. The zero-order valence-corrected chi connectivity index (χ0v) is 12.5. The molecule has 0 saturated heterocycles. The first-order chi connectivity index (χ1) is 10.7.